The van der Waals surface area contributed by atoms with Crippen LogP contribution in [0, 0.1) is 5.92 Å². The molecule has 0 aromatic carbocycles. The first-order chi connectivity index (χ1) is 8.51. The predicted octanol–water partition coefficient (Wildman–Crippen LogP) is 1.41. The maximum Gasteiger partial charge on any atom is 0.220 e. The molecule has 4 nitrogen and oxygen atoms in total. The first kappa shape index (κ1) is 17.6. The molecule has 0 aliphatic carbocycles. The Kier molecular flexibility index (Phi) is 10.3. The molecule has 0 spiro atoms. The van der Waals surface area contributed by atoms with Crippen molar-refractivity contribution in [3.05, 3.63) is 0 Å². The zero-order valence-electron chi connectivity index (χ0n) is 11.9. The van der Waals surface area contributed by atoms with E-state index >= 15 is 0 Å². The third-order valence-corrected chi connectivity index (χ3v) is 4.74. The molecule has 0 aromatic heterocycles. The first-order valence-corrected chi connectivity index (χ1v) is 8.42. The quantitative estimate of drug-likeness (QED) is 0.634. The van der Waals surface area contributed by atoms with E-state index in [1.807, 2.05) is 6.92 Å². The number of amides is 1. The third kappa shape index (κ3) is 8.64. The van der Waals surface area contributed by atoms with Gasteiger partial charge in [0.15, 0.2) is 0 Å². The Morgan fingerprint density at radius 3 is 2.50 bits per heavy atom. The van der Waals surface area contributed by atoms with Crippen LogP contribution in [0.25, 0.3) is 0 Å². The maximum absolute atomic E-state index is 11.6. The summed E-state index contributed by atoms with van der Waals surface area (Å²) in [4.78, 5) is 11.6. The largest absolute Gasteiger partial charge is 0.356 e. The Balaban J connectivity index is 3.68. The molecule has 5 heteroatoms. The van der Waals surface area contributed by atoms with Crippen LogP contribution >= 0.6 is 0 Å². The average molecular weight is 276 g/mol. The van der Waals surface area contributed by atoms with E-state index in [9.17, 15) is 9.00 Å². The highest BCUT2D eigenvalue weighted by molar-refractivity contribution is 7.84. The van der Waals surface area contributed by atoms with E-state index in [1.54, 1.807) is 6.26 Å². The number of carbonyl (C=O) groups is 1. The molecular formula is C13H28N2O2S. The van der Waals surface area contributed by atoms with E-state index in [-0.39, 0.29) is 11.2 Å². The van der Waals surface area contributed by atoms with Crippen LogP contribution in [-0.2, 0) is 15.6 Å². The summed E-state index contributed by atoms with van der Waals surface area (Å²) >= 11 is 0. The third-order valence-electron chi connectivity index (χ3n) is 3.37. The lowest BCUT2D eigenvalue weighted by molar-refractivity contribution is -0.121. The molecule has 108 valence electrons. The van der Waals surface area contributed by atoms with Gasteiger partial charge in [-0.15, -0.1) is 0 Å². The van der Waals surface area contributed by atoms with Gasteiger partial charge in [-0.2, -0.15) is 0 Å². The summed E-state index contributed by atoms with van der Waals surface area (Å²) in [5.74, 6) is 0.655. The molecule has 0 aliphatic heterocycles. The van der Waals surface area contributed by atoms with Gasteiger partial charge in [0.1, 0.15) is 0 Å². The van der Waals surface area contributed by atoms with Crippen molar-refractivity contribution in [1.29, 1.82) is 0 Å². The van der Waals surface area contributed by atoms with Crippen molar-refractivity contribution in [3.8, 4) is 0 Å². The molecule has 18 heavy (non-hydrogen) atoms. The summed E-state index contributed by atoms with van der Waals surface area (Å²) in [7, 11) is -0.805. The molecule has 3 unspecified atom stereocenters. The first-order valence-electron chi connectivity index (χ1n) is 6.80. The van der Waals surface area contributed by atoms with Crippen molar-refractivity contribution < 1.29 is 9.00 Å². The van der Waals surface area contributed by atoms with Gasteiger partial charge in [0.2, 0.25) is 5.91 Å². The lowest BCUT2D eigenvalue weighted by Gasteiger charge is -2.13. The number of nitrogens with one attached hydrogen (secondary N) is 1. The molecular weight excluding hydrogens is 248 g/mol. The lowest BCUT2D eigenvalue weighted by Crippen LogP contribution is -2.27. The van der Waals surface area contributed by atoms with Gasteiger partial charge in [0.25, 0.3) is 0 Å². The molecule has 0 saturated heterocycles. The summed E-state index contributed by atoms with van der Waals surface area (Å²) in [5.41, 5.74) is 5.52. The number of hydrogen-bond donors (Lipinski definition) is 2. The van der Waals surface area contributed by atoms with Gasteiger partial charge in [-0.1, -0.05) is 20.3 Å². The van der Waals surface area contributed by atoms with Crippen molar-refractivity contribution in [1.82, 2.24) is 5.32 Å². The Morgan fingerprint density at radius 1 is 1.33 bits per heavy atom. The summed E-state index contributed by atoms with van der Waals surface area (Å²) in [5, 5.41) is 3.03. The van der Waals surface area contributed by atoms with Gasteiger partial charge in [-0.05, 0) is 31.7 Å². The minimum atomic E-state index is -0.805. The van der Waals surface area contributed by atoms with Gasteiger partial charge in [-0.25, -0.2) is 0 Å². The molecule has 0 saturated carbocycles. The van der Waals surface area contributed by atoms with E-state index in [0.717, 1.165) is 25.7 Å². The Labute approximate surface area is 114 Å². The number of carbonyl (C=O) groups excluding carboxylic acids is 1. The van der Waals surface area contributed by atoms with E-state index in [2.05, 4.69) is 12.2 Å². The van der Waals surface area contributed by atoms with Crippen LogP contribution in [0.2, 0.25) is 0 Å². The van der Waals surface area contributed by atoms with E-state index in [1.165, 1.54) is 0 Å². The molecule has 3 N–H and O–H groups in total. The minimum Gasteiger partial charge on any atom is -0.356 e. The van der Waals surface area contributed by atoms with Gasteiger partial charge in [0.05, 0.1) is 0 Å². The summed E-state index contributed by atoms with van der Waals surface area (Å²) in [6.45, 7) is 5.39. The van der Waals surface area contributed by atoms with Crippen molar-refractivity contribution >= 4 is 16.7 Å². The minimum absolute atomic E-state index is 0.0968. The topological polar surface area (TPSA) is 72.2 Å². The van der Waals surface area contributed by atoms with E-state index in [0.29, 0.717) is 25.4 Å². The van der Waals surface area contributed by atoms with Gasteiger partial charge < -0.3 is 11.1 Å². The molecule has 0 aromatic rings. The molecule has 0 radical (unpaired) electrons. The molecule has 1 amide bonds. The number of nitrogens with two attached hydrogens (primary N) is 1. The number of hydrogen-bond acceptors (Lipinski definition) is 3. The second-order valence-electron chi connectivity index (χ2n) is 4.84. The van der Waals surface area contributed by atoms with E-state index in [4.69, 9.17) is 5.73 Å². The van der Waals surface area contributed by atoms with Crippen LogP contribution < -0.4 is 11.1 Å². The Morgan fingerprint density at radius 2 is 2.00 bits per heavy atom. The predicted molar refractivity (Wildman–Crippen MR) is 77.8 cm³/mol. The maximum atomic E-state index is 11.6. The molecule has 3 atom stereocenters. The SMILES string of the molecule is CCC(CCN)CCC(=O)NCCC(C)S(C)=O. The summed E-state index contributed by atoms with van der Waals surface area (Å²) < 4.78 is 11.1. The van der Waals surface area contributed by atoms with Crippen molar-refractivity contribution in [2.24, 2.45) is 11.7 Å². The van der Waals surface area contributed by atoms with Gasteiger partial charge in [0, 0.05) is 35.3 Å². The van der Waals surface area contributed by atoms with E-state index < -0.39 is 10.8 Å². The standard InChI is InChI=1S/C13H28N2O2S/c1-4-12(7-9-14)5-6-13(16)15-10-8-11(2)18(3)17/h11-12H,4-10,14H2,1-3H3,(H,15,16). The Bertz CT molecular complexity index is 259. The van der Waals surface area contributed by atoms with Crippen LogP contribution in [0.3, 0.4) is 0 Å². The highest BCUT2D eigenvalue weighted by atomic mass is 32.2. The van der Waals surface area contributed by atoms with Crippen molar-refractivity contribution in [2.45, 2.75) is 51.2 Å². The second-order valence-corrected chi connectivity index (χ2v) is 6.64. The van der Waals surface area contributed by atoms with Crippen molar-refractivity contribution in [2.75, 3.05) is 19.3 Å². The fourth-order valence-electron chi connectivity index (χ4n) is 1.79. The van der Waals surface area contributed by atoms with Gasteiger partial charge >= 0.3 is 0 Å². The average Bonchev–Trinajstić information content (AvgIpc) is 2.34. The fraction of sp³-hybridized carbons (Fsp3) is 0.923. The lowest BCUT2D eigenvalue weighted by atomic mass is 9.96. The number of rotatable bonds is 10. The highest BCUT2D eigenvalue weighted by Crippen LogP contribution is 2.14. The normalized spacial score (nSPS) is 16.0. The van der Waals surface area contributed by atoms with Crippen LogP contribution in [0.4, 0.5) is 0 Å². The fourth-order valence-corrected chi connectivity index (χ4v) is 2.24. The monoisotopic (exact) mass is 276 g/mol. The van der Waals surface area contributed by atoms with Crippen LogP contribution in [0.5, 0.6) is 0 Å². The molecule has 0 fully saturated rings. The van der Waals surface area contributed by atoms with Gasteiger partial charge in [-0.3, -0.25) is 9.00 Å². The zero-order valence-corrected chi connectivity index (χ0v) is 12.7. The van der Waals surface area contributed by atoms with Crippen LogP contribution in [-0.4, -0.2) is 34.7 Å². The highest BCUT2D eigenvalue weighted by Gasteiger charge is 2.10. The molecule has 0 rings (SSSR count). The zero-order chi connectivity index (χ0) is 14.0. The second kappa shape index (κ2) is 10.5. The summed E-state index contributed by atoms with van der Waals surface area (Å²) in [6, 6.07) is 0. The summed E-state index contributed by atoms with van der Waals surface area (Å²) in [6.07, 6.45) is 6.03. The smallest absolute Gasteiger partial charge is 0.220 e. The molecule has 0 heterocycles. The van der Waals surface area contributed by atoms with Crippen LogP contribution in [0.15, 0.2) is 0 Å². The molecule has 0 aliphatic rings. The molecule has 0 bridgehead atoms. The van der Waals surface area contributed by atoms with Crippen molar-refractivity contribution in [3.63, 3.8) is 0 Å². The Hall–Kier alpha value is -0.420. The van der Waals surface area contributed by atoms with Crippen LogP contribution in [0.1, 0.15) is 46.0 Å².